The van der Waals surface area contributed by atoms with Gasteiger partial charge in [-0.2, -0.15) is 4.79 Å². The topological polar surface area (TPSA) is 53.5 Å². The zero-order valence-electron chi connectivity index (χ0n) is 8.32. The van der Waals surface area contributed by atoms with Crippen LogP contribution < -0.4 is 0 Å². The first-order valence-electron chi connectivity index (χ1n) is 4.41. The van der Waals surface area contributed by atoms with Crippen LogP contribution in [-0.4, -0.2) is 16.3 Å². The fourth-order valence-corrected chi connectivity index (χ4v) is 1.13. The molecule has 0 spiro atoms. The highest BCUT2D eigenvalue weighted by Crippen LogP contribution is 2.04. The van der Waals surface area contributed by atoms with Crippen LogP contribution in [0.3, 0.4) is 0 Å². The maximum absolute atomic E-state index is 11.0. The van der Waals surface area contributed by atoms with E-state index >= 15 is 0 Å². The van der Waals surface area contributed by atoms with E-state index in [2.05, 4.69) is 4.79 Å². The fraction of sp³-hybridized carbons (Fsp3) is 0.273. The first-order chi connectivity index (χ1) is 6.63. The van der Waals surface area contributed by atoms with E-state index in [0.717, 1.165) is 5.56 Å². The van der Waals surface area contributed by atoms with Crippen molar-refractivity contribution in [1.29, 1.82) is 0 Å². The second-order valence-corrected chi connectivity index (χ2v) is 3.27. The molecule has 0 aromatic heterocycles. The van der Waals surface area contributed by atoms with Crippen molar-refractivity contribution in [3.8, 4) is 0 Å². The van der Waals surface area contributed by atoms with Crippen molar-refractivity contribution in [1.82, 2.24) is 0 Å². The summed E-state index contributed by atoms with van der Waals surface area (Å²) in [4.78, 5) is 13.9. The average Bonchev–Trinajstić information content (AvgIpc) is 2.16. The molecule has 0 saturated carbocycles. The molecule has 72 valence electrons. The molecule has 0 saturated heterocycles. The molecule has 1 aromatic carbocycles. The molecule has 0 amide bonds. The normalized spacial score (nSPS) is 9.29. The van der Waals surface area contributed by atoms with Crippen LogP contribution in [-0.2, 0) is 11.2 Å². The lowest BCUT2D eigenvalue weighted by atomic mass is 10.1. The van der Waals surface area contributed by atoms with Crippen molar-refractivity contribution in [3.05, 3.63) is 40.9 Å². The van der Waals surface area contributed by atoms with E-state index in [-0.39, 0.29) is 11.5 Å². The number of carbonyl (C=O) groups is 1. The summed E-state index contributed by atoms with van der Waals surface area (Å²) in [5.74, 6) is -0.201. The molecule has 0 bridgehead atoms. The van der Waals surface area contributed by atoms with Gasteiger partial charge in [-0.15, -0.1) is 0 Å². The summed E-state index contributed by atoms with van der Waals surface area (Å²) in [5.41, 5.74) is 10.9. The Morgan fingerprint density at radius 1 is 1.36 bits per heavy atom. The summed E-state index contributed by atoms with van der Waals surface area (Å²) in [6.07, 6.45) is 0.381. The highest BCUT2D eigenvalue weighted by Gasteiger charge is 2.14. The zero-order valence-corrected chi connectivity index (χ0v) is 8.32. The van der Waals surface area contributed by atoms with Crippen molar-refractivity contribution in [2.45, 2.75) is 20.3 Å². The molecule has 0 N–H and O–H groups in total. The second-order valence-electron chi connectivity index (χ2n) is 3.27. The van der Waals surface area contributed by atoms with Crippen LogP contribution in [0.5, 0.6) is 0 Å². The Balaban J connectivity index is 2.83. The lowest BCUT2D eigenvalue weighted by Crippen LogP contribution is -2.14. The highest BCUT2D eigenvalue weighted by molar-refractivity contribution is 6.36. The van der Waals surface area contributed by atoms with Crippen LogP contribution in [0.15, 0.2) is 24.3 Å². The minimum absolute atomic E-state index is 0.189. The summed E-state index contributed by atoms with van der Waals surface area (Å²) in [6, 6.07) is 7.77. The maximum Gasteiger partial charge on any atom is 0.338 e. The lowest BCUT2D eigenvalue weighted by molar-refractivity contribution is -0.115. The molecule has 0 radical (unpaired) electrons. The first-order valence-corrected chi connectivity index (χ1v) is 4.41. The van der Waals surface area contributed by atoms with Crippen molar-refractivity contribution < 1.29 is 9.58 Å². The summed E-state index contributed by atoms with van der Waals surface area (Å²) in [5, 5.41) is 0. The molecule has 0 aliphatic rings. The third-order valence-electron chi connectivity index (χ3n) is 2.02. The lowest BCUT2D eigenvalue weighted by Gasteiger charge is -1.96. The van der Waals surface area contributed by atoms with Gasteiger partial charge >= 0.3 is 5.71 Å². The number of ketones is 1. The fourth-order valence-electron chi connectivity index (χ4n) is 1.13. The summed E-state index contributed by atoms with van der Waals surface area (Å²) in [6.45, 7) is 3.39. The van der Waals surface area contributed by atoms with E-state index in [9.17, 15) is 4.79 Å². The van der Waals surface area contributed by atoms with Crippen LogP contribution in [0, 0.1) is 6.92 Å². The van der Waals surface area contributed by atoms with E-state index < -0.39 is 0 Å². The Kier molecular flexibility index (Phi) is 3.32. The van der Waals surface area contributed by atoms with Gasteiger partial charge in [0.2, 0.25) is 5.78 Å². The van der Waals surface area contributed by atoms with Gasteiger partial charge in [-0.3, -0.25) is 4.79 Å². The van der Waals surface area contributed by atoms with E-state index in [4.69, 9.17) is 5.53 Å². The van der Waals surface area contributed by atoms with E-state index in [1.165, 1.54) is 12.5 Å². The molecular formula is C11H12N2O. The molecule has 1 aromatic rings. The number of benzene rings is 1. The van der Waals surface area contributed by atoms with Crippen molar-refractivity contribution in [3.63, 3.8) is 0 Å². The molecule has 0 unspecified atom stereocenters. The number of nitrogens with zero attached hydrogens (tertiary/aromatic N) is 2. The number of hydrogen-bond acceptors (Lipinski definition) is 1. The Bertz CT molecular complexity index is 386. The number of Topliss-reactive ketones (excluding diaryl/α,β-unsaturated/α-hetero) is 1. The Morgan fingerprint density at radius 2 is 1.93 bits per heavy atom. The Labute approximate surface area is 83.0 Å². The predicted octanol–water partition coefficient (Wildman–Crippen LogP) is 1.80. The SMILES string of the molecule is CC(=O)C(Cc1ccc(C)cc1)=[N+]=[N-]. The zero-order chi connectivity index (χ0) is 10.6. The molecule has 0 atom stereocenters. The predicted molar refractivity (Wildman–Crippen MR) is 54.2 cm³/mol. The van der Waals surface area contributed by atoms with Gasteiger partial charge in [-0.1, -0.05) is 29.8 Å². The molecule has 0 fully saturated rings. The quantitative estimate of drug-likeness (QED) is 0.405. The van der Waals surface area contributed by atoms with Gasteiger partial charge in [0.05, 0.1) is 6.42 Å². The summed E-state index contributed by atoms with van der Waals surface area (Å²) < 4.78 is 0. The minimum Gasteiger partial charge on any atom is -0.361 e. The van der Waals surface area contributed by atoms with Crippen molar-refractivity contribution in [2.75, 3.05) is 0 Å². The van der Waals surface area contributed by atoms with E-state index in [1.807, 2.05) is 31.2 Å². The van der Waals surface area contributed by atoms with E-state index in [1.54, 1.807) is 0 Å². The molecule has 0 aliphatic heterocycles. The smallest absolute Gasteiger partial charge is 0.338 e. The van der Waals surface area contributed by atoms with Gasteiger partial charge in [-0.05, 0) is 12.5 Å². The third kappa shape index (κ3) is 2.64. The minimum atomic E-state index is -0.201. The molecule has 3 heteroatoms. The van der Waals surface area contributed by atoms with Crippen LogP contribution >= 0.6 is 0 Å². The van der Waals surface area contributed by atoms with Gasteiger partial charge in [0.15, 0.2) is 0 Å². The van der Waals surface area contributed by atoms with Crippen LogP contribution in [0.1, 0.15) is 18.1 Å². The molecule has 14 heavy (non-hydrogen) atoms. The highest BCUT2D eigenvalue weighted by atomic mass is 16.1. The molecule has 0 heterocycles. The number of carbonyl (C=O) groups excluding carboxylic acids is 1. The molecular weight excluding hydrogens is 176 g/mol. The van der Waals surface area contributed by atoms with Gasteiger partial charge < -0.3 is 5.53 Å². The molecule has 3 nitrogen and oxygen atoms in total. The molecule has 0 aliphatic carbocycles. The second kappa shape index (κ2) is 4.49. The molecule has 1 rings (SSSR count). The van der Waals surface area contributed by atoms with Gasteiger partial charge in [0.1, 0.15) is 0 Å². The van der Waals surface area contributed by atoms with Crippen LogP contribution in [0.25, 0.3) is 5.53 Å². The maximum atomic E-state index is 11.0. The number of hydrogen-bond donors (Lipinski definition) is 0. The largest absolute Gasteiger partial charge is 0.361 e. The summed E-state index contributed by atoms with van der Waals surface area (Å²) >= 11 is 0. The monoisotopic (exact) mass is 188 g/mol. The number of aryl methyl sites for hydroxylation is 1. The standard InChI is InChI=1S/C11H12N2O/c1-8-3-5-10(6-4-8)7-11(13-12)9(2)14/h3-6H,7H2,1-2H3. The third-order valence-corrected chi connectivity index (χ3v) is 2.02. The summed E-state index contributed by atoms with van der Waals surface area (Å²) in [7, 11) is 0. The number of rotatable bonds is 3. The van der Waals surface area contributed by atoms with Gasteiger partial charge in [0.25, 0.3) is 0 Å². The van der Waals surface area contributed by atoms with Crippen molar-refractivity contribution in [2.24, 2.45) is 0 Å². The van der Waals surface area contributed by atoms with E-state index in [0.29, 0.717) is 6.42 Å². The van der Waals surface area contributed by atoms with Crippen LogP contribution in [0.2, 0.25) is 0 Å². The Morgan fingerprint density at radius 3 is 2.36 bits per heavy atom. The van der Waals surface area contributed by atoms with Crippen molar-refractivity contribution >= 4 is 11.5 Å². The Hall–Kier alpha value is -1.73. The first kappa shape index (κ1) is 10.4. The van der Waals surface area contributed by atoms with Gasteiger partial charge in [-0.25, -0.2) is 0 Å². The average molecular weight is 188 g/mol. The van der Waals surface area contributed by atoms with Crippen LogP contribution in [0.4, 0.5) is 0 Å². The van der Waals surface area contributed by atoms with Gasteiger partial charge in [0, 0.05) is 6.92 Å².